The molecule has 1 fully saturated rings. The molecule has 2 aliphatic heterocycles. The Balaban J connectivity index is 0.00000256. The predicted octanol–water partition coefficient (Wildman–Crippen LogP) is -3.15. The number of nitrogens with zero attached hydrogens (tertiary/aromatic N) is 3. The summed E-state index contributed by atoms with van der Waals surface area (Å²) in [6, 6.07) is 8.40. The largest absolute Gasteiger partial charge is 1.00 e. The Bertz CT molecular complexity index is 1050. The van der Waals surface area contributed by atoms with Crippen LogP contribution in [0.25, 0.3) is 0 Å². The zero-order chi connectivity index (χ0) is 20.7. The van der Waals surface area contributed by atoms with Gasteiger partial charge in [-0.15, -0.1) is 0 Å². The minimum atomic E-state index is -1.06. The summed E-state index contributed by atoms with van der Waals surface area (Å²) in [6.07, 6.45) is 3.10. The molecule has 1 unspecified atom stereocenters. The van der Waals surface area contributed by atoms with Crippen LogP contribution in [-0.2, 0) is 16.3 Å². The van der Waals surface area contributed by atoms with Crippen molar-refractivity contribution < 1.29 is 40.9 Å². The van der Waals surface area contributed by atoms with Crippen molar-refractivity contribution >= 4 is 29.5 Å². The fourth-order valence-corrected chi connectivity index (χ4v) is 3.62. The molecule has 2 N–H and O–H groups in total. The lowest BCUT2D eigenvalue weighted by atomic mass is 10.0. The molecule has 5 amide bonds. The third-order valence-corrected chi connectivity index (χ3v) is 5.07. The Morgan fingerprint density at radius 1 is 1.03 bits per heavy atom. The first-order valence-electron chi connectivity index (χ1n) is 8.98. The van der Waals surface area contributed by atoms with Crippen molar-refractivity contribution in [2.75, 3.05) is 0 Å². The number of likely N-dealkylation sites (tertiary alicyclic amines) is 1. The molecule has 10 heteroatoms. The minimum Gasteiger partial charge on any atom is -1.00 e. The molecule has 3 heterocycles. The van der Waals surface area contributed by atoms with Crippen LogP contribution in [0.5, 0.6) is 0 Å². The quantitative estimate of drug-likeness (QED) is 0.407. The Morgan fingerprint density at radius 3 is 2.27 bits per heavy atom. The average Bonchev–Trinajstić information content (AvgIpc) is 2.97. The van der Waals surface area contributed by atoms with Crippen molar-refractivity contribution in [1.29, 1.82) is 0 Å². The molecule has 1 aromatic carbocycles. The van der Waals surface area contributed by atoms with E-state index in [1.165, 1.54) is 29.0 Å². The molecule has 1 saturated heterocycles. The third-order valence-electron chi connectivity index (χ3n) is 5.07. The molecule has 0 bridgehead atoms. The Kier molecular flexibility index (Phi) is 5.66. The first-order chi connectivity index (χ1) is 13.9. The van der Waals surface area contributed by atoms with E-state index >= 15 is 0 Å². The van der Waals surface area contributed by atoms with E-state index in [0.717, 1.165) is 9.80 Å². The molecule has 0 saturated carbocycles. The van der Waals surface area contributed by atoms with Crippen LogP contribution in [0.15, 0.2) is 48.8 Å². The van der Waals surface area contributed by atoms with Gasteiger partial charge in [0.15, 0.2) is 12.4 Å². The van der Waals surface area contributed by atoms with E-state index in [9.17, 15) is 24.0 Å². The number of aromatic nitrogens is 1. The van der Waals surface area contributed by atoms with E-state index in [4.69, 9.17) is 5.73 Å². The van der Waals surface area contributed by atoms with Gasteiger partial charge in [0.05, 0.1) is 11.1 Å². The van der Waals surface area contributed by atoms with Crippen molar-refractivity contribution in [1.82, 2.24) is 9.80 Å². The number of fused-ring (bicyclic) bond motifs is 1. The number of hydrogen-bond acceptors (Lipinski definition) is 5. The molecule has 0 aliphatic carbocycles. The van der Waals surface area contributed by atoms with Crippen LogP contribution >= 0.6 is 0 Å². The Morgan fingerprint density at radius 2 is 1.67 bits per heavy atom. The summed E-state index contributed by atoms with van der Waals surface area (Å²) >= 11 is 0. The predicted molar refractivity (Wildman–Crippen MR) is 97.0 cm³/mol. The second-order valence-corrected chi connectivity index (χ2v) is 6.85. The highest BCUT2D eigenvalue weighted by Gasteiger charge is 2.47. The number of nitrogens with two attached hydrogens (primary N) is 1. The third kappa shape index (κ3) is 3.43. The van der Waals surface area contributed by atoms with Gasteiger partial charge in [-0.3, -0.25) is 28.9 Å². The summed E-state index contributed by atoms with van der Waals surface area (Å²) in [5.41, 5.74) is 5.98. The summed E-state index contributed by atoms with van der Waals surface area (Å²) < 4.78 is 1.47. The smallest absolute Gasteiger partial charge is 0.262 e. The highest BCUT2D eigenvalue weighted by atomic mass is 35.5. The Hall–Kier alpha value is -3.59. The standard InChI is InChI=1S/C20H16N4O5.ClH/c21-17(26)12-4-3-9-22(10-12)11-23-16(25)8-7-15(20(23)29)24-18(27)13-5-1-2-6-14(13)19(24)28;/h1-6,9-10,15H,7-8,11H2,(H-,21,26);1H. The van der Waals surface area contributed by atoms with Gasteiger partial charge in [-0.25, -0.2) is 4.90 Å². The van der Waals surface area contributed by atoms with Gasteiger partial charge in [-0.2, -0.15) is 4.57 Å². The summed E-state index contributed by atoms with van der Waals surface area (Å²) in [5.74, 6) is -2.77. The molecule has 0 radical (unpaired) electrons. The molecule has 1 aromatic heterocycles. The second kappa shape index (κ2) is 8.03. The van der Waals surface area contributed by atoms with Crippen LogP contribution in [0, 0.1) is 0 Å². The molecular weight excluding hydrogens is 412 g/mol. The number of piperidine rings is 1. The van der Waals surface area contributed by atoms with Gasteiger partial charge in [0, 0.05) is 12.5 Å². The van der Waals surface area contributed by atoms with Crippen LogP contribution < -0.4 is 22.7 Å². The maximum atomic E-state index is 13.0. The normalized spacial score (nSPS) is 18.3. The van der Waals surface area contributed by atoms with E-state index < -0.39 is 35.6 Å². The second-order valence-electron chi connectivity index (χ2n) is 6.85. The minimum absolute atomic E-state index is 0. The van der Waals surface area contributed by atoms with E-state index in [-0.39, 0.29) is 48.6 Å². The number of hydrogen-bond donors (Lipinski definition) is 1. The van der Waals surface area contributed by atoms with E-state index in [2.05, 4.69) is 0 Å². The number of carbonyl (C=O) groups is 5. The summed E-state index contributed by atoms with van der Waals surface area (Å²) in [7, 11) is 0. The van der Waals surface area contributed by atoms with Gasteiger partial charge in [-0.1, -0.05) is 12.1 Å². The summed E-state index contributed by atoms with van der Waals surface area (Å²) in [6.45, 7) is -0.154. The van der Waals surface area contributed by atoms with Gasteiger partial charge in [-0.05, 0) is 24.6 Å². The van der Waals surface area contributed by atoms with Gasteiger partial charge < -0.3 is 18.1 Å². The number of carbonyl (C=O) groups excluding carboxylic acids is 5. The number of pyridine rings is 1. The van der Waals surface area contributed by atoms with Crippen LogP contribution in [0.4, 0.5) is 0 Å². The van der Waals surface area contributed by atoms with Crippen molar-refractivity contribution in [3.8, 4) is 0 Å². The molecule has 30 heavy (non-hydrogen) atoms. The lowest BCUT2D eigenvalue weighted by molar-refractivity contribution is -0.710. The zero-order valence-electron chi connectivity index (χ0n) is 15.7. The fourth-order valence-electron chi connectivity index (χ4n) is 3.62. The van der Waals surface area contributed by atoms with Crippen LogP contribution in [0.2, 0.25) is 0 Å². The molecule has 0 spiro atoms. The van der Waals surface area contributed by atoms with Crippen molar-refractivity contribution in [3.05, 3.63) is 65.5 Å². The van der Waals surface area contributed by atoms with Crippen LogP contribution in [0.3, 0.4) is 0 Å². The topological polar surface area (TPSA) is 122 Å². The number of benzene rings is 1. The number of primary amides is 1. The highest BCUT2D eigenvalue weighted by Crippen LogP contribution is 2.28. The maximum Gasteiger partial charge on any atom is 0.262 e. The molecular formula is C20H17ClN4O5. The summed E-state index contributed by atoms with van der Waals surface area (Å²) in [5, 5.41) is 0. The highest BCUT2D eigenvalue weighted by molar-refractivity contribution is 6.23. The van der Waals surface area contributed by atoms with Crippen molar-refractivity contribution in [3.63, 3.8) is 0 Å². The van der Waals surface area contributed by atoms with Crippen molar-refractivity contribution in [2.45, 2.75) is 25.6 Å². The molecule has 2 aromatic rings. The lowest BCUT2D eigenvalue weighted by Crippen LogP contribution is -3.00. The first kappa shape index (κ1) is 21.1. The molecule has 2 aliphatic rings. The van der Waals surface area contributed by atoms with Gasteiger partial charge in [0.25, 0.3) is 23.6 Å². The monoisotopic (exact) mass is 428 g/mol. The van der Waals surface area contributed by atoms with Crippen LogP contribution in [-0.4, -0.2) is 45.4 Å². The fraction of sp³-hybridized carbons (Fsp3) is 0.200. The number of imide groups is 2. The average molecular weight is 429 g/mol. The van der Waals surface area contributed by atoms with Crippen molar-refractivity contribution in [2.24, 2.45) is 5.73 Å². The summed E-state index contributed by atoms with van der Waals surface area (Å²) in [4.78, 5) is 64.1. The zero-order valence-corrected chi connectivity index (χ0v) is 16.4. The SMILES string of the molecule is NC(=O)c1ccc[n+](CN2C(=O)CCC(N3C(=O)c4ccccc4C3=O)C2=O)c1.[Cl-]. The lowest BCUT2D eigenvalue weighted by Gasteiger charge is -2.32. The maximum absolute atomic E-state index is 13.0. The number of rotatable bonds is 4. The van der Waals surface area contributed by atoms with Gasteiger partial charge in [0.1, 0.15) is 11.6 Å². The van der Waals surface area contributed by atoms with Gasteiger partial charge in [0.2, 0.25) is 12.6 Å². The molecule has 154 valence electrons. The Labute approximate surface area is 177 Å². The number of amides is 5. The van der Waals surface area contributed by atoms with E-state index in [1.54, 1.807) is 24.4 Å². The van der Waals surface area contributed by atoms with Gasteiger partial charge >= 0.3 is 0 Å². The molecule has 4 rings (SSSR count). The number of halogens is 1. The van der Waals surface area contributed by atoms with E-state index in [1.807, 2.05) is 0 Å². The first-order valence-corrected chi connectivity index (χ1v) is 8.98. The molecule has 1 atom stereocenters. The van der Waals surface area contributed by atoms with Crippen LogP contribution in [0.1, 0.15) is 43.9 Å². The molecule has 9 nitrogen and oxygen atoms in total. The van der Waals surface area contributed by atoms with E-state index in [0.29, 0.717) is 0 Å².